The molecule has 0 bridgehead atoms. The molecule has 1 saturated carbocycles. The summed E-state index contributed by atoms with van der Waals surface area (Å²) >= 11 is 0. The number of morpholine rings is 1. The van der Waals surface area contributed by atoms with E-state index in [-0.39, 0.29) is 12.1 Å². The third-order valence-electron chi connectivity index (χ3n) is 4.88. The van der Waals surface area contributed by atoms with Gasteiger partial charge in [0.25, 0.3) is 0 Å². The van der Waals surface area contributed by atoms with Gasteiger partial charge in [-0.3, -0.25) is 9.69 Å². The minimum absolute atomic E-state index is 0.0385. The highest BCUT2D eigenvalue weighted by Gasteiger charge is 2.30. The molecule has 0 unspecified atom stereocenters. The molecule has 2 N–H and O–H groups in total. The summed E-state index contributed by atoms with van der Waals surface area (Å²) in [4.78, 5) is 14.1. The number of carbonyl (C=O) groups is 1. The van der Waals surface area contributed by atoms with E-state index in [9.17, 15) is 4.79 Å². The van der Waals surface area contributed by atoms with Crippen LogP contribution in [0.1, 0.15) is 31.2 Å². The lowest BCUT2D eigenvalue weighted by Gasteiger charge is -2.37. The first-order chi connectivity index (χ1) is 10.7. The zero-order chi connectivity index (χ0) is 15.4. The van der Waals surface area contributed by atoms with Crippen molar-refractivity contribution < 1.29 is 9.53 Å². The van der Waals surface area contributed by atoms with Gasteiger partial charge in [-0.15, -0.1) is 0 Å². The molecule has 0 radical (unpaired) electrons. The van der Waals surface area contributed by atoms with Crippen molar-refractivity contribution >= 4 is 5.97 Å². The van der Waals surface area contributed by atoms with Gasteiger partial charge in [-0.25, -0.2) is 0 Å². The monoisotopic (exact) mass is 302 g/mol. The zero-order valence-corrected chi connectivity index (χ0v) is 13.1. The third kappa shape index (κ3) is 4.08. The summed E-state index contributed by atoms with van der Waals surface area (Å²) in [6, 6.07) is 10.5. The Kier molecular flexibility index (Phi) is 5.11. The second kappa shape index (κ2) is 7.25. The smallest absolute Gasteiger partial charge is 0.320 e. The number of nitrogens with two attached hydrogens (primary N) is 1. The van der Waals surface area contributed by atoms with Crippen molar-refractivity contribution in [1.29, 1.82) is 0 Å². The normalized spacial score (nSPS) is 30.0. The molecule has 1 saturated heterocycles. The minimum atomic E-state index is -0.100. The predicted molar refractivity (Wildman–Crippen MR) is 86.4 cm³/mol. The average Bonchev–Trinajstić information content (AvgIpc) is 2.50. The van der Waals surface area contributed by atoms with Crippen LogP contribution in [0.3, 0.4) is 0 Å². The Hall–Kier alpha value is -1.39. The topological polar surface area (TPSA) is 55.6 Å². The fourth-order valence-electron chi connectivity index (χ4n) is 3.71. The molecule has 1 aromatic carbocycles. The summed E-state index contributed by atoms with van der Waals surface area (Å²) in [5, 5.41) is 0. The molecule has 4 nitrogen and oxygen atoms in total. The number of carbonyl (C=O) groups excluding carboxylic acids is 1. The minimum Gasteiger partial charge on any atom is -0.460 e. The van der Waals surface area contributed by atoms with Crippen LogP contribution in [-0.2, 0) is 16.0 Å². The zero-order valence-electron chi connectivity index (χ0n) is 13.1. The molecule has 120 valence electrons. The van der Waals surface area contributed by atoms with Crippen molar-refractivity contribution in [2.45, 2.75) is 44.2 Å². The molecule has 3 atom stereocenters. The van der Waals surface area contributed by atoms with E-state index >= 15 is 0 Å². The van der Waals surface area contributed by atoms with Crippen molar-refractivity contribution in [3.05, 3.63) is 35.9 Å². The van der Waals surface area contributed by atoms with Gasteiger partial charge in [-0.2, -0.15) is 0 Å². The second-order valence-corrected chi connectivity index (χ2v) is 6.70. The Bertz CT molecular complexity index is 491. The summed E-state index contributed by atoms with van der Waals surface area (Å²) in [7, 11) is 0. The van der Waals surface area contributed by atoms with E-state index < -0.39 is 0 Å². The number of esters is 1. The first-order valence-electron chi connectivity index (χ1n) is 8.42. The summed E-state index contributed by atoms with van der Waals surface area (Å²) in [5.41, 5.74) is 7.47. The lowest BCUT2D eigenvalue weighted by atomic mass is 9.84. The molecule has 0 spiro atoms. The fourth-order valence-corrected chi connectivity index (χ4v) is 3.71. The highest BCUT2D eigenvalue weighted by molar-refractivity contribution is 5.72. The molecule has 0 aromatic heterocycles. The van der Waals surface area contributed by atoms with E-state index in [2.05, 4.69) is 17.0 Å². The number of hydrogen-bond donors (Lipinski definition) is 1. The van der Waals surface area contributed by atoms with Crippen molar-refractivity contribution in [2.75, 3.05) is 19.6 Å². The highest BCUT2D eigenvalue weighted by Crippen LogP contribution is 2.25. The van der Waals surface area contributed by atoms with E-state index in [1.807, 2.05) is 18.2 Å². The summed E-state index contributed by atoms with van der Waals surface area (Å²) < 4.78 is 5.52. The van der Waals surface area contributed by atoms with Gasteiger partial charge in [-0.1, -0.05) is 43.2 Å². The van der Waals surface area contributed by atoms with Crippen LogP contribution in [0.2, 0.25) is 0 Å². The Morgan fingerprint density at radius 3 is 2.73 bits per heavy atom. The van der Waals surface area contributed by atoms with Crippen LogP contribution in [0.25, 0.3) is 0 Å². The lowest BCUT2D eigenvalue weighted by Crippen LogP contribution is -2.50. The first-order valence-corrected chi connectivity index (χ1v) is 8.42. The number of benzene rings is 1. The molecule has 22 heavy (non-hydrogen) atoms. The third-order valence-corrected chi connectivity index (χ3v) is 4.88. The number of hydrogen-bond acceptors (Lipinski definition) is 4. The van der Waals surface area contributed by atoms with Gasteiger partial charge >= 0.3 is 5.97 Å². The molecule has 4 heteroatoms. The van der Waals surface area contributed by atoms with Gasteiger partial charge in [-0.05, 0) is 24.3 Å². The lowest BCUT2D eigenvalue weighted by molar-refractivity contribution is -0.159. The summed E-state index contributed by atoms with van der Waals surface area (Å²) in [6.45, 7) is 2.17. The number of nitrogens with zero attached hydrogens (tertiary/aromatic N) is 1. The number of cyclic esters (lactones) is 1. The number of rotatable bonds is 4. The van der Waals surface area contributed by atoms with Crippen LogP contribution < -0.4 is 5.73 Å². The van der Waals surface area contributed by atoms with Crippen LogP contribution in [0.5, 0.6) is 0 Å². The highest BCUT2D eigenvalue weighted by atomic mass is 16.5. The van der Waals surface area contributed by atoms with Gasteiger partial charge in [0.2, 0.25) is 0 Å². The van der Waals surface area contributed by atoms with Crippen LogP contribution in [0.15, 0.2) is 30.3 Å². The van der Waals surface area contributed by atoms with Crippen LogP contribution in [-0.4, -0.2) is 42.6 Å². The Labute approximate surface area is 132 Å². The van der Waals surface area contributed by atoms with E-state index in [1.54, 1.807) is 0 Å². The van der Waals surface area contributed by atoms with Crippen LogP contribution >= 0.6 is 0 Å². The number of ether oxygens (including phenoxy) is 1. The summed E-state index contributed by atoms with van der Waals surface area (Å²) in [5.74, 6) is 0.425. The fraction of sp³-hybridized carbons (Fsp3) is 0.611. The molecule has 2 aliphatic rings. The van der Waals surface area contributed by atoms with Crippen LogP contribution in [0.4, 0.5) is 0 Å². The van der Waals surface area contributed by atoms with E-state index in [0.29, 0.717) is 18.5 Å². The maximum Gasteiger partial charge on any atom is 0.320 e. The van der Waals surface area contributed by atoms with Gasteiger partial charge in [0.15, 0.2) is 0 Å². The molecule has 1 aliphatic heterocycles. The van der Waals surface area contributed by atoms with Crippen molar-refractivity contribution in [1.82, 2.24) is 4.90 Å². The largest absolute Gasteiger partial charge is 0.460 e. The molecule has 3 rings (SSSR count). The molecule has 2 fully saturated rings. The second-order valence-electron chi connectivity index (χ2n) is 6.70. The molecule has 0 amide bonds. The van der Waals surface area contributed by atoms with E-state index in [1.165, 1.54) is 24.8 Å². The van der Waals surface area contributed by atoms with Gasteiger partial charge in [0.1, 0.15) is 6.10 Å². The average molecular weight is 302 g/mol. The first kappa shape index (κ1) is 15.5. The molecule has 1 aromatic rings. The van der Waals surface area contributed by atoms with Crippen molar-refractivity contribution in [3.63, 3.8) is 0 Å². The van der Waals surface area contributed by atoms with E-state index in [4.69, 9.17) is 10.5 Å². The Morgan fingerprint density at radius 2 is 1.95 bits per heavy atom. The Balaban J connectivity index is 1.57. The predicted octanol–water partition coefficient (Wildman–Crippen LogP) is 1.97. The SMILES string of the molecule is N[C@@H]1CCCC[C@@H]1CN1CC(=O)O[C@@H](Cc2ccccc2)C1. The van der Waals surface area contributed by atoms with Gasteiger partial charge < -0.3 is 10.5 Å². The molecule has 1 heterocycles. The quantitative estimate of drug-likeness (QED) is 0.864. The summed E-state index contributed by atoms with van der Waals surface area (Å²) in [6.07, 6.45) is 5.58. The van der Waals surface area contributed by atoms with Gasteiger partial charge in [0.05, 0.1) is 6.54 Å². The van der Waals surface area contributed by atoms with E-state index in [0.717, 1.165) is 25.9 Å². The molecule has 1 aliphatic carbocycles. The maximum absolute atomic E-state index is 11.9. The van der Waals surface area contributed by atoms with Crippen molar-refractivity contribution in [3.8, 4) is 0 Å². The maximum atomic E-state index is 11.9. The standard InChI is InChI=1S/C18H26N2O2/c19-17-9-5-4-8-15(17)11-20-12-16(22-18(21)13-20)10-14-6-2-1-3-7-14/h1-3,6-7,15-17H,4-5,8-13,19H2/t15-,16+,17-/m1/s1. The van der Waals surface area contributed by atoms with Gasteiger partial charge in [0, 0.05) is 25.6 Å². The molecular formula is C18H26N2O2. The molecular weight excluding hydrogens is 276 g/mol. The van der Waals surface area contributed by atoms with Crippen LogP contribution in [0, 0.1) is 5.92 Å². The van der Waals surface area contributed by atoms with Crippen molar-refractivity contribution in [2.24, 2.45) is 11.7 Å². The Morgan fingerprint density at radius 1 is 1.18 bits per heavy atom.